The van der Waals surface area contributed by atoms with E-state index in [0.717, 1.165) is 0 Å². The first-order chi connectivity index (χ1) is 10.5. The van der Waals surface area contributed by atoms with Gasteiger partial charge in [-0.05, 0) is 61.6 Å². The summed E-state index contributed by atoms with van der Waals surface area (Å²) in [6.07, 6.45) is 0. The predicted molar refractivity (Wildman–Crippen MR) is 96.3 cm³/mol. The highest BCUT2D eigenvalue weighted by molar-refractivity contribution is 5.75. The van der Waals surface area contributed by atoms with Crippen LogP contribution in [0.1, 0.15) is 22.3 Å². The van der Waals surface area contributed by atoms with Gasteiger partial charge in [-0.25, -0.2) is 0 Å². The van der Waals surface area contributed by atoms with Gasteiger partial charge in [-0.3, -0.25) is 0 Å². The van der Waals surface area contributed by atoms with Crippen molar-refractivity contribution in [1.29, 1.82) is 0 Å². The maximum Gasteiger partial charge on any atom is -0.0175 e. The molecule has 0 aliphatic heterocycles. The maximum absolute atomic E-state index is 2.30. The van der Waals surface area contributed by atoms with Crippen molar-refractivity contribution in [3.63, 3.8) is 0 Å². The van der Waals surface area contributed by atoms with Crippen LogP contribution in [-0.4, -0.2) is 0 Å². The van der Waals surface area contributed by atoms with Crippen LogP contribution in [0.2, 0.25) is 0 Å². The lowest BCUT2D eigenvalue weighted by Gasteiger charge is -2.10. The lowest BCUT2D eigenvalue weighted by molar-refractivity contribution is 1.37. The van der Waals surface area contributed by atoms with Crippen molar-refractivity contribution in [1.82, 2.24) is 0 Å². The van der Waals surface area contributed by atoms with E-state index in [-0.39, 0.29) is 0 Å². The first-order valence-electron chi connectivity index (χ1n) is 7.79. The van der Waals surface area contributed by atoms with E-state index in [1.165, 1.54) is 44.5 Å². The molecular weight excluding hydrogens is 264 g/mol. The van der Waals surface area contributed by atoms with Gasteiger partial charge in [-0.15, -0.1) is 0 Å². The quantitative estimate of drug-likeness (QED) is 0.522. The van der Waals surface area contributed by atoms with Gasteiger partial charge in [0.05, 0.1) is 0 Å². The van der Waals surface area contributed by atoms with Crippen LogP contribution in [0, 0.1) is 27.7 Å². The molecule has 0 aliphatic carbocycles. The molecule has 0 nitrogen and oxygen atoms in total. The van der Waals surface area contributed by atoms with Gasteiger partial charge in [0.2, 0.25) is 0 Å². The van der Waals surface area contributed by atoms with Gasteiger partial charge in [-0.2, -0.15) is 0 Å². The first kappa shape index (κ1) is 14.6. The van der Waals surface area contributed by atoms with Crippen LogP contribution < -0.4 is 0 Å². The van der Waals surface area contributed by atoms with Crippen molar-refractivity contribution < 1.29 is 0 Å². The summed E-state index contributed by atoms with van der Waals surface area (Å²) in [6, 6.07) is 22.3. The largest absolute Gasteiger partial charge is 0.0614 e. The summed E-state index contributed by atoms with van der Waals surface area (Å²) in [4.78, 5) is 0. The number of aryl methyl sites for hydroxylation is 4. The van der Waals surface area contributed by atoms with E-state index in [2.05, 4.69) is 88.4 Å². The molecule has 0 bridgehead atoms. The summed E-state index contributed by atoms with van der Waals surface area (Å²) in [7, 11) is 0. The Balaban J connectivity index is 2.14. The van der Waals surface area contributed by atoms with Crippen molar-refractivity contribution >= 4 is 0 Å². The molecule has 0 heterocycles. The fourth-order valence-electron chi connectivity index (χ4n) is 3.08. The third-order valence-corrected chi connectivity index (χ3v) is 3.98. The zero-order chi connectivity index (χ0) is 15.7. The van der Waals surface area contributed by atoms with Crippen molar-refractivity contribution in [3.05, 3.63) is 82.9 Å². The molecule has 0 saturated heterocycles. The Kier molecular flexibility index (Phi) is 3.85. The van der Waals surface area contributed by atoms with Crippen LogP contribution in [-0.2, 0) is 0 Å². The van der Waals surface area contributed by atoms with Crippen LogP contribution in [0.25, 0.3) is 22.3 Å². The zero-order valence-electron chi connectivity index (χ0n) is 13.8. The maximum atomic E-state index is 2.30. The highest BCUT2D eigenvalue weighted by Gasteiger charge is 2.05. The molecule has 0 amide bonds. The van der Waals surface area contributed by atoms with Gasteiger partial charge >= 0.3 is 0 Å². The Labute approximate surface area is 133 Å². The Bertz CT molecular complexity index is 805. The number of hydrogen-bond acceptors (Lipinski definition) is 0. The Morgan fingerprint density at radius 3 is 1.45 bits per heavy atom. The number of rotatable bonds is 2. The molecule has 0 atom stereocenters. The Morgan fingerprint density at radius 1 is 0.409 bits per heavy atom. The van der Waals surface area contributed by atoms with Crippen molar-refractivity contribution in [2.75, 3.05) is 0 Å². The molecule has 0 aliphatic rings. The van der Waals surface area contributed by atoms with E-state index in [9.17, 15) is 0 Å². The second-order valence-corrected chi connectivity index (χ2v) is 6.33. The van der Waals surface area contributed by atoms with Crippen LogP contribution in [0.5, 0.6) is 0 Å². The SMILES string of the molecule is Cc1cccc(-c2cc(C)cc(-c3cc(C)cc(C)c3)c2)c1. The molecule has 0 N–H and O–H groups in total. The molecule has 0 heteroatoms. The fraction of sp³-hybridized carbons (Fsp3) is 0.182. The second-order valence-electron chi connectivity index (χ2n) is 6.33. The minimum atomic E-state index is 1.29. The molecule has 3 rings (SSSR count). The minimum absolute atomic E-state index is 1.29. The summed E-state index contributed by atoms with van der Waals surface area (Å²) >= 11 is 0. The average Bonchev–Trinajstić information content (AvgIpc) is 2.45. The van der Waals surface area contributed by atoms with E-state index in [0.29, 0.717) is 0 Å². The van der Waals surface area contributed by atoms with E-state index in [1.54, 1.807) is 0 Å². The molecule has 0 aromatic heterocycles. The van der Waals surface area contributed by atoms with Gasteiger partial charge in [0.15, 0.2) is 0 Å². The average molecular weight is 286 g/mol. The van der Waals surface area contributed by atoms with Gasteiger partial charge in [-0.1, -0.05) is 71.3 Å². The molecule has 3 aromatic rings. The summed E-state index contributed by atoms with van der Waals surface area (Å²) in [5.74, 6) is 0. The van der Waals surface area contributed by atoms with Crippen LogP contribution in [0.3, 0.4) is 0 Å². The number of benzene rings is 3. The van der Waals surface area contributed by atoms with Crippen LogP contribution >= 0.6 is 0 Å². The molecule has 22 heavy (non-hydrogen) atoms. The Hall–Kier alpha value is -2.34. The van der Waals surface area contributed by atoms with Crippen molar-refractivity contribution in [2.45, 2.75) is 27.7 Å². The van der Waals surface area contributed by atoms with Crippen molar-refractivity contribution in [3.8, 4) is 22.3 Å². The predicted octanol–water partition coefficient (Wildman–Crippen LogP) is 6.25. The number of hydrogen-bond donors (Lipinski definition) is 0. The molecular formula is C22H22. The second kappa shape index (κ2) is 5.81. The van der Waals surface area contributed by atoms with Crippen molar-refractivity contribution in [2.24, 2.45) is 0 Å². The molecule has 110 valence electrons. The van der Waals surface area contributed by atoms with E-state index < -0.39 is 0 Å². The third-order valence-electron chi connectivity index (χ3n) is 3.98. The summed E-state index contributed by atoms with van der Waals surface area (Å²) in [5, 5.41) is 0. The molecule has 0 spiro atoms. The normalized spacial score (nSPS) is 10.7. The fourth-order valence-corrected chi connectivity index (χ4v) is 3.08. The van der Waals surface area contributed by atoms with E-state index >= 15 is 0 Å². The highest BCUT2D eigenvalue weighted by Crippen LogP contribution is 2.29. The molecule has 0 radical (unpaired) electrons. The summed E-state index contributed by atoms with van der Waals surface area (Å²) < 4.78 is 0. The van der Waals surface area contributed by atoms with Crippen LogP contribution in [0.15, 0.2) is 60.7 Å². The third kappa shape index (κ3) is 3.12. The topological polar surface area (TPSA) is 0 Å². The van der Waals surface area contributed by atoms with Gasteiger partial charge in [0, 0.05) is 0 Å². The van der Waals surface area contributed by atoms with Gasteiger partial charge in [0.1, 0.15) is 0 Å². The summed E-state index contributed by atoms with van der Waals surface area (Å²) in [5.41, 5.74) is 10.4. The monoisotopic (exact) mass is 286 g/mol. The van der Waals surface area contributed by atoms with Gasteiger partial charge in [0.25, 0.3) is 0 Å². The van der Waals surface area contributed by atoms with Gasteiger partial charge < -0.3 is 0 Å². The lowest BCUT2D eigenvalue weighted by atomic mass is 9.94. The van der Waals surface area contributed by atoms with E-state index in [1.807, 2.05) is 0 Å². The first-order valence-corrected chi connectivity index (χ1v) is 7.79. The minimum Gasteiger partial charge on any atom is -0.0614 e. The molecule has 0 saturated carbocycles. The molecule has 0 unspecified atom stereocenters. The lowest BCUT2D eigenvalue weighted by Crippen LogP contribution is -1.87. The zero-order valence-corrected chi connectivity index (χ0v) is 13.8. The van der Waals surface area contributed by atoms with Crippen LogP contribution in [0.4, 0.5) is 0 Å². The molecule has 3 aromatic carbocycles. The smallest absolute Gasteiger partial charge is 0.0175 e. The highest BCUT2D eigenvalue weighted by atomic mass is 14.1. The molecule has 0 fully saturated rings. The standard InChI is InChI=1S/C22H22/c1-15-6-5-7-19(9-15)21-12-18(4)13-22(14-21)20-10-16(2)8-17(3)11-20/h5-14H,1-4H3. The summed E-state index contributed by atoms with van der Waals surface area (Å²) in [6.45, 7) is 8.64. The van der Waals surface area contributed by atoms with E-state index in [4.69, 9.17) is 0 Å². The Morgan fingerprint density at radius 2 is 0.864 bits per heavy atom.